The molecule has 0 aliphatic carbocycles. The van der Waals surface area contributed by atoms with Gasteiger partial charge in [0.1, 0.15) is 35.9 Å². The first kappa shape index (κ1) is 54.1. The first-order valence-corrected chi connectivity index (χ1v) is 25.8. The van der Waals surface area contributed by atoms with Crippen molar-refractivity contribution in [3.63, 3.8) is 0 Å². The van der Waals surface area contributed by atoms with Crippen molar-refractivity contribution >= 4 is 31.5 Å². The van der Waals surface area contributed by atoms with Crippen molar-refractivity contribution in [2.45, 2.75) is 148 Å². The van der Waals surface area contributed by atoms with E-state index in [1.54, 1.807) is 32.6 Å². The Kier molecular flexibility index (Phi) is 19.9. The third-order valence-electron chi connectivity index (χ3n) is 12.7. The summed E-state index contributed by atoms with van der Waals surface area (Å²) >= 11 is 0. The fourth-order valence-electron chi connectivity index (χ4n) is 9.22. The number of fused-ring (bicyclic) bond motifs is 1. The van der Waals surface area contributed by atoms with E-state index in [1.807, 2.05) is 78.9 Å². The van der Waals surface area contributed by atoms with Crippen molar-refractivity contribution in [1.29, 1.82) is 5.26 Å². The lowest BCUT2D eigenvalue weighted by Crippen LogP contribution is -2.53. The van der Waals surface area contributed by atoms with Crippen LogP contribution in [0.1, 0.15) is 123 Å². The molecule has 6 rings (SSSR count). The molecule has 1 aliphatic rings. The number of aromatic amines is 1. The predicted octanol–water partition coefficient (Wildman–Crippen LogP) is 9.82. The molecule has 70 heavy (non-hydrogen) atoms. The number of imidazole rings is 1. The number of hydrogen-bond donors (Lipinski definition) is 3. The predicted molar refractivity (Wildman–Crippen MR) is 272 cm³/mol. The largest absolute Gasteiger partial charge is 0.497 e. The fourth-order valence-corrected chi connectivity index (χ4v) is 11.0. The molecule has 6 atom stereocenters. The Labute approximate surface area is 414 Å². The summed E-state index contributed by atoms with van der Waals surface area (Å²) < 4.78 is 43.4. The molecule has 378 valence electrons. The number of hydrogen-bond acceptors (Lipinski definition) is 13. The van der Waals surface area contributed by atoms with Gasteiger partial charge in [0.05, 0.1) is 45.1 Å². The van der Waals surface area contributed by atoms with Crippen LogP contribution < -0.4 is 20.3 Å². The Bertz CT molecular complexity index is 2440. The minimum Gasteiger partial charge on any atom is -0.497 e. The number of aliphatic hydroxyl groups excluding tert-OH is 1. The average Bonchev–Trinajstić information content (AvgIpc) is 3.94. The number of carbonyl (C=O) groups is 1. The maximum absolute atomic E-state index is 14.0. The summed E-state index contributed by atoms with van der Waals surface area (Å²) in [6, 6.07) is 27.1. The van der Waals surface area contributed by atoms with Crippen molar-refractivity contribution < 1.29 is 37.9 Å². The van der Waals surface area contributed by atoms with Gasteiger partial charge in [0, 0.05) is 24.6 Å². The van der Waals surface area contributed by atoms with Gasteiger partial charge in [-0.05, 0) is 75.1 Å². The molecule has 0 bridgehead atoms. The summed E-state index contributed by atoms with van der Waals surface area (Å²) in [6.45, 7) is 14.4. The SMILES string of the molecule is CCCCCCCCCO[C@@H]1[C@H](OP(OCCC#N)N(C(C)C)C(C)C)[C@@H](C(O)C(c2ccccc2)(c2ccc(OC)cc2)c2ccc(OC)cc2)O[C@H]1n1cnc2c(=O)[nH]c(NC(=O)C(C)C)nc21. The second kappa shape index (κ2) is 25.7. The van der Waals surface area contributed by atoms with E-state index in [4.69, 9.17) is 33.0 Å². The Hall–Kier alpha value is -5.24. The summed E-state index contributed by atoms with van der Waals surface area (Å²) in [5.74, 6) is 0.483. The number of benzene rings is 3. The van der Waals surface area contributed by atoms with Crippen molar-refractivity contribution in [3.8, 4) is 17.6 Å². The Morgan fingerprint density at radius 3 is 2.01 bits per heavy atom. The zero-order valence-electron chi connectivity index (χ0n) is 42.2. The van der Waals surface area contributed by atoms with Crippen LogP contribution in [0.5, 0.6) is 11.5 Å². The number of amides is 1. The van der Waals surface area contributed by atoms with E-state index in [-0.39, 0.29) is 48.1 Å². The monoisotopic (exact) mass is 982 g/mol. The lowest BCUT2D eigenvalue weighted by atomic mass is 9.64. The zero-order chi connectivity index (χ0) is 50.4. The third-order valence-corrected chi connectivity index (χ3v) is 14.8. The Morgan fingerprint density at radius 2 is 1.46 bits per heavy atom. The third kappa shape index (κ3) is 12.4. The number of carbonyl (C=O) groups excluding carboxylic acids is 1. The highest BCUT2D eigenvalue weighted by atomic mass is 31.2. The molecule has 16 nitrogen and oxygen atoms in total. The molecular formula is C53H72N7O9P. The van der Waals surface area contributed by atoms with Gasteiger partial charge in [0.2, 0.25) is 11.9 Å². The number of anilines is 1. The summed E-state index contributed by atoms with van der Waals surface area (Å²) in [5.41, 5.74) is 0.444. The molecule has 1 amide bonds. The number of rotatable bonds is 27. The van der Waals surface area contributed by atoms with Crippen LogP contribution in [-0.2, 0) is 28.7 Å². The Morgan fingerprint density at radius 1 is 0.871 bits per heavy atom. The molecule has 0 spiro atoms. The Balaban J connectivity index is 1.60. The molecule has 3 heterocycles. The van der Waals surface area contributed by atoms with Gasteiger partial charge < -0.3 is 33.1 Å². The van der Waals surface area contributed by atoms with Crippen LogP contribution in [0, 0.1) is 17.2 Å². The second-order valence-electron chi connectivity index (χ2n) is 18.5. The molecular weight excluding hydrogens is 910 g/mol. The molecule has 3 N–H and O–H groups in total. The first-order valence-electron chi connectivity index (χ1n) is 24.6. The lowest BCUT2D eigenvalue weighted by molar-refractivity contribution is -0.118. The van der Waals surface area contributed by atoms with Gasteiger partial charge >= 0.3 is 0 Å². The lowest BCUT2D eigenvalue weighted by Gasteiger charge is -2.44. The minimum atomic E-state index is -1.95. The van der Waals surface area contributed by atoms with E-state index in [2.05, 4.69) is 60.6 Å². The first-order chi connectivity index (χ1) is 33.8. The molecule has 1 fully saturated rings. The quantitative estimate of drug-likeness (QED) is 0.0256. The smallest absolute Gasteiger partial charge is 0.280 e. The number of nitrogens with one attached hydrogen (secondary N) is 2. The van der Waals surface area contributed by atoms with Crippen LogP contribution in [0.25, 0.3) is 11.2 Å². The highest BCUT2D eigenvalue weighted by Crippen LogP contribution is 2.54. The molecule has 17 heteroatoms. The zero-order valence-corrected chi connectivity index (χ0v) is 43.1. The van der Waals surface area contributed by atoms with Gasteiger partial charge in [-0.15, -0.1) is 0 Å². The van der Waals surface area contributed by atoms with Crippen LogP contribution in [0.4, 0.5) is 5.95 Å². The van der Waals surface area contributed by atoms with Crippen LogP contribution in [0.3, 0.4) is 0 Å². The number of methoxy groups -OCH3 is 2. The van der Waals surface area contributed by atoms with Crippen LogP contribution in [-0.4, -0.2) is 99.1 Å². The maximum Gasteiger partial charge on any atom is 0.280 e. The topological polar surface area (TPSA) is 195 Å². The number of aromatic nitrogens is 4. The van der Waals surface area contributed by atoms with Gasteiger partial charge in [-0.1, -0.05) is 114 Å². The molecule has 1 aliphatic heterocycles. The highest BCUT2D eigenvalue weighted by molar-refractivity contribution is 7.44. The van der Waals surface area contributed by atoms with E-state index in [9.17, 15) is 20.0 Å². The molecule has 5 aromatic rings. The number of nitriles is 1. The fraction of sp³-hybridized carbons (Fsp3) is 0.528. The number of ether oxygens (including phenoxy) is 4. The van der Waals surface area contributed by atoms with Gasteiger partial charge in [-0.3, -0.25) is 24.5 Å². The van der Waals surface area contributed by atoms with Gasteiger partial charge in [0.15, 0.2) is 17.4 Å². The molecule has 2 aromatic heterocycles. The highest BCUT2D eigenvalue weighted by Gasteiger charge is 2.58. The molecule has 0 radical (unpaired) electrons. The van der Waals surface area contributed by atoms with Crippen LogP contribution in [0.15, 0.2) is 90.0 Å². The average molecular weight is 982 g/mol. The maximum atomic E-state index is 14.0. The van der Waals surface area contributed by atoms with Crippen molar-refractivity contribution in [1.82, 2.24) is 24.2 Å². The van der Waals surface area contributed by atoms with Gasteiger partial charge in [-0.2, -0.15) is 10.2 Å². The van der Waals surface area contributed by atoms with Crippen molar-refractivity contribution in [2.75, 3.05) is 32.8 Å². The molecule has 2 unspecified atom stereocenters. The van der Waals surface area contributed by atoms with E-state index in [0.717, 1.165) is 48.8 Å². The minimum absolute atomic E-state index is 0.0152. The van der Waals surface area contributed by atoms with Crippen molar-refractivity contribution in [2.24, 2.45) is 5.92 Å². The second-order valence-corrected chi connectivity index (χ2v) is 19.9. The molecule has 3 aromatic carbocycles. The van der Waals surface area contributed by atoms with E-state index < -0.39 is 56.1 Å². The number of H-pyrrole nitrogens is 1. The summed E-state index contributed by atoms with van der Waals surface area (Å²) in [7, 11) is 1.27. The van der Waals surface area contributed by atoms with Gasteiger partial charge in [0.25, 0.3) is 14.1 Å². The normalized spacial score (nSPS) is 18.2. The number of unbranched alkanes of at least 4 members (excludes halogenated alkanes) is 6. The number of nitrogens with zero attached hydrogens (tertiary/aromatic N) is 5. The summed E-state index contributed by atoms with van der Waals surface area (Å²) in [5, 5.41) is 26.4. The molecule has 0 saturated carbocycles. The standard InChI is InChI=1S/C53H72N7O9P/c1-10-11-12-13-14-15-19-32-66-46-44(69-70(67-33-20-31-54)60(36(4)5)37(6)7)45(68-51(46)59-34-55-43-48(59)56-52(58-50(43)63)57-49(62)35(2)3)47(61)53(38-21-17-16-18-22-38,39-23-27-41(64-8)28-24-39)40-25-29-42(65-9)30-26-40/h16-18,21-30,34-37,44-47,51,61H,10-15,19-20,32-33H2,1-9H3,(H2,56,57,58,62,63)/t44-,45+,46-,47?,51-,70?/m1/s1. The van der Waals surface area contributed by atoms with E-state index >= 15 is 0 Å². The van der Waals surface area contributed by atoms with E-state index in [0.29, 0.717) is 18.1 Å². The van der Waals surface area contributed by atoms with Crippen LogP contribution in [0.2, 0.25) is 0 Å². The van der Waals surface area contributed by atoms with Crippen LogP contribution >= 0.6 is 8.53 Å². The van der Waals surface area contributed by atoms with Gasteiger partial charge in [-0.25, -0.2) is 9.65 Å². The number of aliphatic hydroxyl groups is 1. The molecule has 1 saturated heterocycles. The van der Waals surface area contributed by atoms with E-state index in [1.165, 1.54) is 19.2 Å². The summed E-state index contributed by atoms with van der Waals surface area (Å²) in [6.07, 6.45) is 3.24. The summed E-state index contributed by atoms with van der Waals surface area (Å²) in [4.78, 5) is 38.5. The van der Waals surface area contributed by atoms with Crippen molar-refractivity contribution in [3.05, 3.63) is 112 Å².